The van der Waals surface area contributed by atoms with Gasteiger partial charge in [-0.1, -0.05) is 29.4 Å². The Labute approximate surface area is 129 Å². The van der Waals surface area contributed by atoms with E-state index in [0.717, 1.165) is 5.75 Å². The summed E-state index contributed by atoms with van der Waals surface area (Å²) in [4.78, 5) is 16.6. The van der Waals surface area contributed by atoms with E-state index in [9.17, 15) is 4.79 Å². The van der Waals surface area contributed by atoms with Gasteiger partial charge in [0.15, 0.2) is 5.71 Å². The van der Waals surface area contributed by atoms with Gasteiger partial charge in [0.2, 0.25) is 0 Å². The van der Waals surface area contributed by atoms with E-state index < -0.39 is 12.1 Å². The van der Waals surface area contributed by atoms with Crippen molar-refractivity contribution in [3.05, 3.63) is 42.0 Å². The Morgan fingerprint density at radius 1 is 1.32 bits per heavy atom. The maximum Gasteiger partial charge on any atom is 0.360 e. The van der Waals surface area contributed by atoms with E-state index in [1.807, 2.05) is 36.4 Å². The number of hydrogen-bond acceptors (Lipinski definition) is 6. The van der Waals surface area contributed by atoms with Crippen molar-refractivity contribution in [1.82, 2.24) is 0 Å². The Hall–Kier alpha value is -2.34. The quantitative estimate of drug-likeness (QED) is 0.456. The third-order valence-electron chi connectivity index (χ3n) is 3.13. The normalized spacial score (nSPS) is 18.4. The third-order valence-corrected chi connectivity index (χ3v) is 3.13. The summed E-state index contributed by atoms with van der Waals surface area (Å²) in [7, 11) is 2.68. The highest BCUT2D eigenvalue weighted by Gasteiger charge is 2.29. The van der Waals surface area contributed by atoms with E-state index in [2.05, 4.69) is 5.16 Å². The van der Waals surface area contributed by atoms with Crippen LogP contribution in [0.1, 0.15) is 6.42 Å². The predicted molar refractivity (Wildman–Crippen MR) is 80.8 cm³/mol. The van der Waals surface area contributed by atoms with Crippen LogP contribution in [0, 0.1) is 0 Å². The average Bonchev–Trinajstić information content (AvgIpc) is 2.58. The minimum Gasteiger partial charge on any atom is -0.491 e. The summed E-state index contributed by atoms with van der Waals surface area (Å²) < 4.78 is 16.1. The lowest BCUT2D eigenvalue weighted by Crippen LogP contribution is -2.34. The van der Waals surface area contributed by atoms with Gasteiger partial charge in [-0.25, -0.2) is 4.79 Å². The second kappa shape index (κ2) is 8.19. The summed E-state index contributed by atoms with van der Waals surface area (Å²) >= 11 is 0. The Kier molecular flexibility index (Phi) is 5.97. The highest BCUT2D eigenvalue weighted by atomic mass is 16.6. The zero-order valence-electron chi connectivity index (χ0n) is 12.7. The third kappa shape index (κ3) is 4.08. The zero-order valence-corrected chi connectivity index (χ0v) is 12.7. The molecule has 6 heteroatoms. The molecule has 0 aliphatic carbocycles. The number of ether oxygens (including phenoxy) is 3. The molecule has 1 atom stereocenters. The number of methoxy groups -OCH3 is 1. The van der Waals surface area contributed by atoms with E-state index in [4.69, 9.17) is 19.0 Å². The van der Waals surface area contributed by atoms with E-state index in [1.54, 1.807) is 0 Å². The average molecular weight is 305 g/mol. The summed E-state index contributed by atoms with van der Waals surface area (Å²) in [6.07, 6.45) is 2.19. The largest absolute Gasteiger partial charge is 0.491 e. The minimum atomic E-state index is -0.566. The van der Waals surface area contributed by atoms with Gasteiger partial charge < -0.3 is 19.0 Å². The fraction of sp³-hybridized carbons (Fsp3) is 0.375. The summed E-state index contributed by atoms with van der Waals surface area (Å²) in [5.41, 5.74) is 0.724. The van der Waals surface area contributed by atoms with Crippen LogP contribution in [0.25, 0.3) is 0 Å². The van der Waals surface area contributed by atoms with Crippen LogP contribution < -0.4 is 4.74 Å². The number of esters is 1. The molecule has 1 aliphatic heterocycles. The highest BCUT2D eigenvalue weighted by Crippen LogP contribution is 2.19. The first-order valence-corrected chi connectivity index (χ1v) is 6.95. The van der Waals surface area contributed by atoms with Crippen molar-refractivity contribution >= 4 is 11.7 Å². The lowest BCUT2D eigenvalue weighted by Gasteiger charge is -2.24. The first kappa shape index (κ1) is 16.0. The molecule has 2 rings (SSSR count). The van der Waals surface area contributed by atoms with Crippen LogP contribution >= 0.6 is 0 Å². The number of oxime groups is 1. The molecule has 0 saturated carbocycles. The lowest BCUT2D eigenvalue weighted by atomic mass is 10.0. The van der Waals surface area contributed by atoms with Crippen molar-refractivity contribution < 1.29 is 23.8 Å². The van der Waals surface area contributed by atoms with E-state index in [0.29, 0.717) is 18.6 Å². The number of hydrogen-bond donors (Lipinski definition) is 0. The van der Waals surface area contributed by atoms with Crippen LogP contribution in [0.4, 0.5) is 0 Å². The summed E-state index contributed by atoms with van der Waals surface area (Å²) in [6, 6.07) is 9.41. The number of para-hydroxylation sites is 1. The van der Waals surface area contributed by atoms with Crippen molar-refractivity contribution in [1.29, 1.82) is 0 Å². The van der Waals surface area contributed by atoms with Crippen LogP contribution in [-0.4, -0.2) is 45.2 Å². The van der Waals surface area contributed by atoms with Gasteiger partial charge in [-0.15, -0.1) is 0 Å². The molecule has 1 aromatic rings. The van der Waals surface area contributed by atoms with Crippen molar-refractivity contribution in [2.75, 3.05) is 27.4 Å². The second-order valence-electron chi connectivity index (χ2n) is 4.55. The molecule has 1 heterocycles. The van der Waals surface area contributed by atoms with Crippen LogP contribution in [0.15, 0.2) is 47.1 Å². The molecular formula is C16H19NO5. The molecule has 0 bridgehead atoms. The molecule has 0 spiro atoms. The molecule has 118 valence electrons. The van der Waals surface area contributed by atoms with Gasteiger partial charge in [0, 0.05) is 5.57 Å². The van der Waals surface area contributed by atoms with Crippen LogP contribution in [0.5, 0.6) is 5.75 Å². The van der Waals surface area contributed by atoms with Crippen molar-refractivity contribution in [2.45, 2.75) is 12.5 Å². The van der Waals surface area contributed by atoms with E-state index >= 15 is 0 Å². The number of carbonyl (C=O) groups excluding carboxylic acids is 1. The molecule has 6 nitrogen and oxygen atoms in total. The first-order chi connectivity index (χ1) is 10.8. The maximum absolute atomic E-state index is 11.9. The molecule has 1 unspecified atom stereocenters. The number of benzene rings is 1. The maximum atomic E-state index is 11.9. The van der Waals surface area contributed by atoms with Gasteiger partial charge in [-0.3, -0.25) is 0 Å². The molecule has 0 aromatic heterocycles. The molecule has 0 saturated heterocycles. The molecule has 0 amide bonds. The van der Waals surface area contributed by atoms with Gasteiger partial charge in [-0.2, -0.15) is 0 Å². The Balaban J connectivity index is 2.12. The van der Waals surface area contributed by atoms with Crippen molar-refractivity contribution in [3.8, 4) is 5.75 Å². The zero-order chi connectivity index (χ0) is 15.8. The molecule has 1 aliphatic rings. The number of rotatable bonds is 6. The molecule has 0 fully saturated rings. The monoisotopic (exact) mass is 305 g/mol. The highest BCUT2D eigenvalue weighted by molar-refractivity contribution is 6.43. The Bertz CT molecular complexity index is 553. The molecular weight excluding hydrogens is 286 g/mol. The predicted octanol–water partition coefficient (Wildman–Crippen LogP) is 1.96. The molecule has 1 aromatic carbocycles. The van der Waals surface area contributed by atoms with Crippen LogP contribution in [0.2, 0.25) is 0 Å². The van der Waals surface area contributed by atoms with Crippen LogP contribution in [0.3, 0.4) is 0 Å². The first-order valence-electron chi connectivity index (χ1n) is 6.95. The van der Waals surface area contributed by atoms with Gasteiger partial charge in [0.05, 0.1) is 13.7 Å². The standard InChI is InChI=1S/C16H19NO5/c1-19-16(18)15(17-20-2)13-9-6-10-21-14(13)11-22-12-7-4-3-5-8-12/h3-5,7-9,14H,6,10-11H2,1-2H3/b17-15+. The Morgan fingerprint density at radius 3 is 2.77 bits per heavy atom. The summed E-state index contributed by atoms with van der Waals surface area (Å²) in [5, 5.41) is 3.76. The smallest absolute Gasteiger partial charge is 0.360 e. The molecule has 22 heavy (non-hydrogen) atoms. The topological polar surface area (TPSA) is 66.4 Å². The van der Waals surface area contributed by atoms with Crippen LogP contribution in [-0.2, 0) is 19.1 Å². The number of carbonyl (C=O) groups is 1. The summed E-state index contributed by atoms with van der Waals surface area (Å²) in [6.45, 7) is 0.837. The van der Waals surface area contributed by atoms with E-state index in [-0.39, 0.29) is 12.3 Å². The SMILES string of the molecule is CO/N=C(/C(=O)OC)C1=CCCOC1COc1ccccc1. The van der Waals surface area contributed by atoms with Gasteiger partial charge in [0.25, 0.3) is 0 Å². The number of nitrogens with zero attached hydrogens (tertiary/aromatic N) is 1. The fourth-order valence-electron chi connectivity index (χ4n) is 2.12. The van der Waals surface area contributed by atoms with Crippen molar-refractivity contribution in [2.24, 2.45) is 5.16 Å². The fourth-order valence-corrected chi connectivity index (χ4v) is 2.12. The minimum absolute atomic E-state index is 0.103. The lowest BCUT2D eigenvalue weighted by molar-refractivity contribution is -0.132. The van der Waals surface area contributed by atoms with Crippen molar-refractivity contribution in [3.63, 3.8) is 0 Å². The van der Waals surface area contributed by atoms with E-state index in [1.165, 1.54) is 14.2 Å². The van der Waals surface area contributed by atoms with Gasteiger partial charge >= 0.3 is 5.97 Å². The molecule has 0 N–H and O–H groups in total. The Morgan fingerprint density at radius 2 is 2.09 bits per heavy atom. The second-order valence-corrected chi connectivity index (χ2v) is 4.55. The van der Waals surface area contributed by atoms with Gasteiger partial charge in [-0.05, 0) is 18.6 Å². The molecule has 0 radical (unpaired) electrons. The summed E-state index contributed by atoms with van der Waals surface area (Å²) in [5.74, 6) is 0.169. The van der Waals surface area contributed by atoms with Gasteiger partial charge in [0.1, 0.15) is 25.6 Å².